The van der Waals surface area contributed by atoms with Crippen LogP contribution in [0.1, 0.15) is 18.7 Å². The minimum absolute atomic E-state index is 0.0826. The number of hydrogen-bond donors (Lipinski definition) is 2. The van der Waals surface area contributed by atoms with Crippen LogP contribution in [0, 0.1) is 5.92 Å². The molecule has 1 saturated carbocycles. The molecule has 2 atom stereocenters. The first kappa shape index (κ1) is 10.1. The van der Waals surface area contributed by atoms with Gasteiger partial charge >= 0.3 is 5.97 Å². The number of rotatable bonds is 4. The van der Waals surface area contributed by atoms with Gasteiger partial charge in [0.25, 0.3) is 0 Å². The average Bonchev–Trinajstić information content (AvgIpc) is 2.49. The summed E-state index contributed by atoms with van der Waals surface area (Å²) in [6.07, 6.45) is 3.33. The first-order valence-corrected chi connectivity index (χ1v) is 4.97. The van der Waals surface area contributed by atoms with Crippen LogP contribution >= 0.6 is 0 Å². The Morgan fingerprint density at radius 1 is 1.73 bits per heavy atom. The smallest absolute Gasteiger partial charge is 0.308 e. The molecule has 1 aromatic rings. The van der Waals surface area contributed by atoms with Gasteiger partial charge < -0.3 is 15.0 Å². The normalized spacial score (nSPS) is 24.9. The maximum Gasteiger partial charge on any atom is 0.308 e. The van der Waals surface area contributed by atoms with Crippen LogP contribution in [-0.4, -0.2) is 31.9 Å². The third-order valence-corrected chi connectivity index (χ3v) is 2.92. The highest BCUT2D eigenvalue weighted by molar-refractivity contribution is 5.72. The topological polar surface area (TPSA) is 80.0 Å². The van der Waals surface area contributed by atoms with E-state index >= 15 is 0 Å². The summed E-state index contributed by atoms with van der Waals surface area (Å²) in [7, 11) is 1.87. The molecule has 6 heteroatoms. The Morgan fingerprint density at radius 3 is 3.00 bits per heavy atom. The van der Waals surface area contributed by atoms with Gasteiger partial charge in [-0.2, -0.15) is 0 Å². The van der Waals surface area contributed by atoms with E-state index in [1.54, 1.807) is 6.33 Å². The maximum atomic E-state index is 10.7. The van der Waals surface area contributed by atoms with Gasteiger partial charge in [-0.3, -0.25) is 4.79 Å². The monoisotopic (exact) mass is 210 g/mol. The lowest BCUT2D eigenvalue weighted by Crippen LogP contribution is -2.47. The van der Waals surface area contributed by atoms with E-state index in [2.05, 4.69) is 15.5 Å². The van der Waals surface area contributed by atoms with Gasteiger partial charge in [0.05, 0.1) is 12.5 Å². The van der Waals surface area contributed by atoms with Crippen LogP contribution in [0.4, 0.5) is 0 Å². The minimum Gasteiger partial charge on any atom is -0.481 e. The van der Waals surface area contributed by atoms with Crippen LogP contribution in [0.15, 0.2) is 6.33 Å². The minimum atomic E-state index is -0.711. The molecule has 2 unspecified atom stereocenters. The predicted molar refractivity (Wildman–Crippen MR) is 52.0 cm³/mol. The van der Waals surface area contributed by atoms with Crippen molar-refractivity contribution in [2.24, 2.45) is 13.0 Å². The zero-order chi connectivity index (χ0) is 10.8. The van der Waals surface area contributed by atoms with Gasteiger partial charge in [-0.05, 0) is 12.8 Å². The standard InChI is InChI=1S/C9H14N4O2/c1-13-5-11-12-8(13)4-10-7-3-2-6(7)9(14)15/h5-7,10H,2-4H2,1H3,(H,14,15). The number of hydrogen-bond acceptors (Lipinski definition) is 4. The summed E-state index contributed by atoms with van der Waals surface area (Å²) >= 11 is 0. The van der Waals surface area contributed by atoms with Crippen molar-refractivity contribution in [2.75, 3.05) is 0 Å². The second-order valence-corrected chi connectivity index (χ2v) is 3.87. The number of nitrogens with one attached hydrogen (secondary N) is 1. The Labute approximate surface area is 87.3 Å². The van der Waals surface area contributed by atoms with Crippen molar-refractivity contribution in [1.29, 1.82) is 0 Å². The van der Waals surface area contributed by atoms with E-state index in [1.807, 2.05) is 11.6 Å². The summed E-state index contributed by atoms with van der Waals surface area (Å²) in [6.45, 7) is 0.574. The van der Waals surface area contributed by atoms with Gasteiger partial charge in [-0.1, -0.05) is 0 Å². The van der Waals surface area contributed by atoms with E-state index in [4.69, 9.17) is 5.11 Å². The van der Waals surface area contributed by atoms with E-state index in [0.29, 0.717) is 6.54 Å². The Hall–Kier alpha value is -1.43. The molecule has 15 heavy (non-hydrogen) atoms. The summed E-state index contributed by atoms with van der Waals surface area (Å²) in [6, 6.07) is 0.0826. The van der Waals surface area contributed by atoms with Crippen LogP contribution in [0.2, 0.25) is 0 Å². The molecule has 6 nitrogen and oxygen atoms in total. The van der Waals surface area contributed by atoms with Gasteiger partial charge in [0.15, 0.2) is 0 Å². The van der Waals surface area contributed by atoms with E-state index in [9.17, 15) is 4.79 Å². The Bertz CT molecular complexity index is 363. The number of carboxylic acid groups (broad SMARTS) is 1. The van der Waals surface area contributed by atoms with Crippen molar-refractivity contribution in [3.05, 3.63) is 12.2 Å². The van der Waals surface area contributed by atoms with Crippen molar-refractivity contribution in [2.45, 2.75) is 25.4 Å². The zero-order valence-corrected chi connectivity index (χ0v) is 8.55. The molecular formula is C9H14N4O2. The zero-order valence-electron chi connectivity index (χ0n) is 8.55. The lowest BCUT2D eigenvalue weighted by Gasteiger charge is -2.33. The van der Waals surface area contributed by atoms with Crippen LogP contribution < -0.4 is 5.32 Å². The fourth-order valence-electron chi connectivity index (χ4n) is 1.73. The molecule has 0 aliphatic heterocycles. The molecule has 0 amide bonds. The number of aromatic nitrogens is 3. The van der Waals surface area contributed by atoms with Gasteiger partial charge in [0, 0.05) is 13.1 Å². The molecular weight excluding hydrogens is 196 g/mol. The molecule has 2 rings (SSSR count). The van der Waals surface area contributed by atoms with Crippen LogP contribution in [0.5, 0.6) is 0 Å². The fraction of sp³-hybridized carbons (Fsp3) is 0.667. The van der Waals surface area contributed by atoms with Gasteiger partial charge in [-0.25, -0.2) is 0 Å². The third-order valence-electron chi connectivity index (χ3n) is 2.92. The van der Waals surface area contributed by atoms with Gasteiger partial charge in [-0.15, -0.1) is 10.2 Å². The lowest BCUT2D eigenvalue weighted by atomic mass is 9.79. The highest BCUT2D eigenvalue weighted by Gasteiger charge is 2.36. The summed E-state index contributed by atoms with van der Waals surface area (Å²) in [5, 5.41) is 19.7. The summed E-state index contributed by atoms with van der Waals surface area (Å²) in [5.74, 6) is -0.124. The number of carboxylic acids is 1. The van der Waals surface area contributed by atoms with Crippen molar-refractivity contribution in [3.63, 3.8) is 0 Å². The van der Waals surface area contributed by atoms with E-state index in [1.165, 1.54) is 0 Å². The Balaban J connectivity index is 1.84. The number of aliphatic carboxylic acids is 1. The second kappa shape index (κ2) is 3.98. The molecule has 0 bridgehead atoms. The molecule has 1 heterocycles. The fourth-order valence-corrected chi connectivity index (χ4v) is 1.73. The van der Waals surface area contributed by atoms with Crippen molar-refractivity contribution in [3.8, 4) is 0 Å². The quantitative estimate of drug-likeness (QED) is 0.717. The molecule has 1 aliphatic rings. The first-order valence-electron chi connectivity index (χ1n) is 4.97. The lowest BCUT2D eigenvalue weighted by molar-refractivity contribution is -0.146. The maximum absolute atomic E-state index is 10.7. The van der Waals surface area contributed by atoms with E-state index in [0.717, 1.165) is 18.7 Å². The SMILES string of the molecule is Cn1cnnc1CNC1CCC1C(=O)O. The van der Waals surface area contributed by atoms with Crippen LogP contribution in [-0.2, 0) is 18.4 Å². The van der Waals surface area contributed by atoms with Crippen molar-refractivity contribution >= 4 is 5.97 Å². The van der Waals surface area contributed by atoms with Crippen molar-refractivity contribution < 1.29 is 9.90 Å². The number of carbonyl (C=O) groups is 1. The third kappa shape index (κ3) is 1.99. The van der Waals surface area contributed by atoms with E-state index < -0.39 is 5.97 Å². The van der Waals surface area contributed by atoms with E-state index in [-0.39, 0.29) is 12.0 Å². The van der Waals surface area contributed by atoms with Crippen LogP contribution in [0.3, 0.4) is 0 Å². The van der Waals surface area contributed by atoms with Gasteiger partial charge in [0.2, 0.25) is 0 Å². The number of aryl methyl sites for hydroxylation is 1. The van der Waals surface area contributed by atoms with Crippen molar-refractivity contribution in [1.82, 2.24) is 20.1 Å². The molecule has 1 fully saturated rings. The highest BCUT2D eigenvalue weighted by atomic mass is 16.4. The first-order chi connectivity index (χ1) is 7.18. The predicted octanol–water partition coefficient (Wildman–Crippen LogP) is -0.232. The molecule has 0 spiro atoms. The summed E-state index contributed by atoms with van der Waals surface area (Å²) < 4.78 is 1.82. The molecule has 1 aliphatic carbocycles. The highest BCUT2D eigenvalue weighted by Crippen LogP contribution is 2.27. The molecule has 0 radical (unpaired) electrons. The summed E-state index contributed by atoms with van der Waals surface area (Å²) in [4.78, 5) is 10.7. The molecule has 1 aromatic heterocycles. The average molecular weight is 210 g/mol. The molecule has 82 valence electrons. The second-order valence-electron chi connectivity index (χ2n) is 3.87. The molecule has 0 aromatic carbocycles. The largest absolute Gasteiger partial charge is 0.481 e. The number of nitrogens with zero attached hydrogens (tertiary/aromatic N) is 3. The van der Waals surface area contributed by atoms with Gasteiger partial charge in [0.1, 0.15) is 12.2 Å². The Kier molecular flexibility index (Phi) is 2.68. The summed E-state index contributed by atoms with van der Waals surface area (Å²) in [5.41, 5.74) is 0. The molecule has 2 N–H and O–H groups in total. The van der Waals surface area contributed by atoms with Crippen LogP contribution in [0.25, 0.3) is 0 Å². The molecule has 0 saturated heterocycles. The Morgan fingerprint density at radius 2 is 2.53 bits per heavy atom.